The molecule has 18 heavy (non-hydrogen) atoms. The molecule has 1 atom stereocenters. The van der Waals surface area contributed by atoms with Crippen molar-refractivity contribution in [2.75, 3.05) is 5.33 Å². The van der Waals surface area contributed by atoms with E-state index in [0.29, 0.717) is 5.56 Å². The predicted molar refractivity (Wildman–Crippen MR) is 77.2 cm³/mol. The van der Waals surface area contributed by atoms with E-state index in [9.17, 15) is 4.79 Å². The van der Waals surface area contributed by atoms with Gasteiger partial charge in [-0.3, -0.25) is 4.79 Å². The number of hydrogen-bond acceptors (Lipinski definition) is 2. The van der Waals surface area contributed by atoms with E-state index < -0.39 is 0 Å². The van der Waals surface area contributed by atoms with Crippen molar-refractivity contribution in [1.29, 1.82) is 0 Å². The first-order valence-electron chi connectivity index (χ1n) is 6.33. The Kier molecular flexibility index (Phi) is 5.45. The molecule has 0 aliphatic rings. The van der Waals surface area contributed by atoms with Crippen molar-refractivity contribution >= 4 is 21.8 Å². The van der Waals surface area contributed by atoms with Gasteiger partial charge in [0.1, 0.15) is 5.76 Å². The normalized spacial score (nSPS) is 13.4. The van der Waals surface area contributed by atoms with E-state index >= 15 is 0 Å². The highest BCUT2D eigenvalue weighted by atomic mass is 79.9. The Morgan fingerprint density at radius 1 is 1.50 bits per heavy atom. The number of furan rings is 1. The summed E-state index contributed by atoms with van der Waals surface area (Å²) in [6.45, 7) is 8.39. The lowest BCUT2D eigenvalue weighted by atomic mass is 9.85. The van der Waals surface area contributed by atoms with Gasteiger partial charge in [-0.2, -0.15) is 0 Å². The molecule has 1 rings (SSSR count). The third kappa shape index (κ3) is 3.87. The number of nitrogens with one attached hydrogen (secondary N) is 1. The van der Waals surface area contributed by atoms with Gasteiger partial charge in [0.2, 0.25) is 0 Å². The zero-order chi connectivity index (χ0) is 13.8. The molecule has 0 fully saturated rings. The third-order valence-electron chi connectivity index (χ3n) is 3.06. The quantitative estimate of drug-likeness (QED) is 0.840. The molecule has 1 N–H and O–H groups in total. The van der Waals surface area contributed by atoms with Crippen LogP contribution in [0, 0.1) is 5.41 Å². The Labute approximate surface area is 117 Å². The third-order valence-corrected chi connectivity index (χ3v) is 3.52. The zero-order valence-electron chi connectivity index (χ0n) is 11.5. The monoisotopic (exact) mass is 315 g/mol. The minimum Gasteiger partial charge on any atom is -0.469 e. The standard InChI is InChI=1S/C14H22BrNO2/c1-5-11-10(7-9-18-11)13(17)16-12(6-8-15)14(2,3)4/h7,9,12H,5-6,8H2,1-4H3,(H,16,17). The average Bonchev–Trinajstić information content (AvgIpc) is 2.75. The molecule has 0 aliphatic carbocycles. The number of amides is 1. The van der Waals surface area contributed by atoms with E-state index in [-0.39, 0.29) is 17.4 Å². The molecule has 1 heterocycles. The van der Waals surface area contributed by atoms with Crippen LogP contribution in [-0.2, 0) is 6.42 Å². The smallest absolute Gasteiger partial charge is 0.255 e. The molecule has 0 saturated carbocycles. The van der Waals surface area contributed by atoms with Crippen molar-refractivity contribution in [2.24, 2.45) is 5.41 Å². The summed E-state index contributed by atoms with van der Waals surface area (Å²) in [4.78, 5) is 12.2. The Morgan fingerprint density at radius 3 is 2.67 bits per heavy atom. The summed E-state index contributed by atoms with van der Waals surface area (Å²) in [6.07, 6.45) is 3.22. The van der Waals surface area contributed by atoms with Crippen molar-refractivity contribution < 1.29 is 9.21 Å². The largest absolute Gasteiger partial charge is 0.469 e. The van der Waals surface area contributed by atoms with E-state index in [1.807, 2.05) is 6.92 Å². The summed E-state index contributed by atoms with van der Waals surface area (Å²) in [5.41, 5.74) is 0.695. The van der Waals surface area contributed by atoms with Crippen LogP contribution >= 0.6 is 15.9 Å². The zero-order valence-corrected chi connectivity index (χ0v) is 13.1. The van der Waals surface area contributed by atoms with Gasteiger partial charge in [0.05, 0.1) is 11.8 Å². The minimum absolute atomic E-state index is 0.0403. The molecule has 1 unspecified atom stereocenters. The van der Waals surface area contributed by atoms with Gasteiger partial charge in [0, 0.05) is 17.8 Å². The Morgan fingerprint density at radius 2 is 2.17 bits per heavy atom. The van der Waals surface area contributed by atoms with Gasteiger partial charge in [-0.25, -0.2) is 0 Å². The molecule has 1 aromatic rings. The van der Waals surface area contributed by atoms with E-state index in [1.165, 1.54) is 0 Å². The van der Waals surface area contributed by atoms with Crippen LogP contribution in [0.3, 0.4) is 0 Å². The first-order valence-corrected chi connectivity index (χ1v) is 7.45. The summed E-state index contributed by atoms with van der Waals surface area (Å²) in [7, 11) is 0. The lowest BCUT2D eigenvalue weighted by Gasteiger charge is -2.31. The highest BCUT2D eigenvalue weighted by Crippen LogP contribution is 2.23. The van der Waals surface area contributed by atoms with Crippen LogP contribution in [0.15, 0.2) is 16.7 Å². The maximum absolute atomic E-state index is 12.2. The highest BCUT2D eigenvalue weighted by molar-refractivity contribution is 9.09. The van der Waals surface area contributed by atoms with E-state index in [0.717, 1.165) is 23.9 Å². The van der Waals surface area contributed by atoms with Crippen molar-refractivity contribution in [2.45, 2.75) is 46.6 Å². The van der Waals surface area contributed by atoms with Crippen LogP contribution < -0.4 is 5.32 Å². The summed E-state index contributed by atoms with van der Waals surface area (Å²) >= 11 is 3.44. The first kappa shape index (κ1) is 15.3. The van der Waals surface area contributed by atoms with Crippen LogP contribution in [0.4, 0.5) is 0 Å². The van der Waals surface area contributed by atoms with Crippen LogP contribution in [0.2, 0.25) is 0 Å². The second-order valence-corrected chi connectivity index (χ2v) is 6.27. The number of carbonyl (C=O) groups excluding carboxylic acids is 1. The van der Waals surface area contributed by atoms with Crippen LogP contribution in [0.1, 0.15) is 50.2 Å². The van der Waals surface area contributed by atoms with Gasteiger partial charge in [0.15, 0.2) is 0 Å². The molecule has 0 aromatic carbocycles. The van der Waals surface area contributed by atoms with Gasteiger partial charge in [0.25, 0.3) is 5.91 Å². The van der Waals surface area contributed by atoms with E-state index in [4.69, 9.17) is 4.42 Å². The van der Waals surface area contributed by atoms with Gasteiger partial charge in [-0.05, 0) is 17.9 Å². The highest BCUT2D eigenvalue weighted by Gasteiger charge is 2.26. The molecule has 4 heteroatoms. The number of alkyl halides is 1. The fourth-order valence-corrected chi connectivity index (χ4v) is 2.34. The summed E-state index contributed by atoms with van der Waals surface area (Å²) in [6, 6.07) is 1.88. The van der Waals surface area contributed by atoms with Gasteiger partial charge < -0.3 is 9.73 Å². The fraction of sp³-hybridized carbons (Fsp3) is 0.643. The molecule has 0 saturated heterocycles. The molecule has 0 aliphatic heterocycles. The van der Waals surface area contributed by atoms with Crippen molar-refractivity contribution in [3.05, 3.63) is 23.7 Å². The number of carbonyl (C=O) groups is 1. The first-order chi connectivity index (χ1) is 8.40. The minimum atomic E-state index is -0.0403. The Bertz CT molecular complexity index is 393. The van der Waals surface area contributed by atoms with Crippen LogP contribution in [0.25, 0.3) is 0 Å². The maximum Gasteiger partial charge on any atom is 0.255 e. The van der Waals surface area contributed by atoms with Gasteiger partial charge >= 0.3 is 0 Å². The molecule has 0 spiro atoms. The van der Waals surface area contributed by atoms with Crippen molar-refractivity contribution in [1.82, 2.24) is 5.32 Å². The topological polar surface area (TPSA) is 42.2 Å². The summed E-state index contributed by atoms with van der Waals surface area (Å²) < 4.78 is 5.29. The van der Waals surface area contributed by atoms with Gasteiger partial charge in [-0.15, -0.1) is 0 Å². The van der Waals surface area contributed by atoms with Crippen LogP contribution in [-0.4, -0.2) is 17.3 Å². The lowest BCUT2D eigenvalue weighted by Crippen LogP contribution is -2.44. The second-order valence-electron chi connectivity index (χ2n) is 5.48. The number of rotatable bonds is 5. The number of halogens is 1. The number of hydrogen-bond donors (Lipinski definition) is 1. The van der Waals surface area contributed by atoms with Gasteiger partial charge in [-0.1, -0.05) is 43.6 Å². The molecule has 0 bridgehead atoms. The molecule has 3 nitrogen and oxygen atoms in total. The van der Waals surface area contributed by atoms with E-state index in [2.05, 4.69) is 42.0 Å². The Hall–Kier alpha value is -0.770. The fourth-order valence-electron chi connectivity index (χ4n) is 1.88. The molecule has 1 aromatic heterocycles. The number of aryl methyl sites for hydroxylation is 1. The van der Waals surface area contributed by atoms with E-state index in [1.54, 1.807) is 12.3 Å². The SMILES string of the molecule is CCc1occc1C(=O)NC(CCBr)C(C)(C)C. The molecule has 102 valence electrons. The Balaban J connectivity index is 2.79. The lowest BCUT2D eigenvalue weighted by molar-refractivity contribution is 0.0899. The average molecular weight is 316 g/mol. The van der Waals surface area contributed by atoms with Crippen molar-refractivity contribution in [3.63, 3.8) is 0 Å². The van der Waals surface area contributed by atoms with Crippen LogP contribution in [0.5, 0.6) is 0 Å². The molecule has 0 radical (unpaired) electrons. The molecular weight excluding hydrogens is 294 g/mol. The summed E-state index contributed by atoms with van der Waals surface area (Å²) in [5, 5.41) is 3.98. The summed E-state index contributed by atoms with van der Waals surface area (Å²) in [5.74, 6) is 0.709. The molecule has 1 amide bonds. The molecular formula is C14H22BrNO2. The predicted octanol–water partition coefficient (Wildman–Crippen LogP) is 3.77. The van der Waals surface area contributed by atoms with Crippen molar-refractivity contribution in [3.8, 4) is 0 Å². The second kappa shape index (κ2) is 6.41. The maximum atomic E-state index is 12.2.